The van der Waals surface area contributed by atoms with E-state index in [1.807, 2.05) is 27.7 Å². The minimum atomic E-state index is -0.577. The predicted molar refractivity (Wildman–Crippen MR) is 84.8 cm³/mol. The van der Waals surface area contributed by atoms with Gasteiger partial charge < -0.3 is 9.47 Å². The van der Waals surface area contributed by atoms with Crippen molar-refractivity contribution >= 4 is 17.8 Å². The van der Waals surface area contributed by atoms with E-state index in [-0.39, 0.29) is 44.9 Å². The number of rotatable bonds is 10. The van der Waals surface area contributed by atoms with E-state index in [2.05, 4.69) is 0 Å². The lowest BCUT2D eigenvalue weighted by atomic mass is 10.2. The molecule has 0 aromatic rings. The van der Waals surface area contributed by atoms with Crippen LogP contribution >= 0.6 is 0 Å². The van der Waals surface area contributed by atoms with Gasteiger partial charge in [-0.3, -0.25) is 19.4 Å². The van der Waals surface area contributed by atoms with Gasteiger partial charge in [-0.15, -0.1) is 0 Å². The molecule has 2 unspecified atom stereocenters. The third-order valence-corrected chi connectivity index (χ3v) is 3.95. The molecule has 0 spiro atoms. The first-order chi connectivity index (χ1) is 10.9. The number of barbiturate groups is 1. The molecule has 1 fully saturated rings. The van der Waals surface area contributed by atoms with Gasteiger partial charge in [-0.25, -0.2) is 4.79 Å². The summed E-state index contributed by atoms with van der Waals surface area (Å²) in [6, 6.07) is -0.577. The van der Waals surface area contributed by atoms with E-state index in [4.69, 9.17) is 9.47 Å². The fraction of sp³-hybridized carbons (Fsp3) is 0.812. The van der Waals surface area contributed by atoms with Gasteiger partial charge in [0.15, 0.2) is 0 Å². The van der Waals surface area contributed by atoms with Crippen LogP contribution in [0.3, 0.4) is 0 Å². The number of ether oxygens (including phenoxy) is 2. The molecule has 132 valence electrons. The van der Waals surface area contributed by atoms with Gasteiger partial charge in [0.05, 0.1) is 38.5 Å². The first-order valence-corrected chi connectivity index (χ1v) is 8.28. The number of hydrogen-bond acceptors (Lipinski definition) is 5. The molecule has 0 aromatic carbocycles. The van der Waals surface area contributed by atoms with Crippen LogP contribution in [0.15, 0.2) is 0 Å². The number of carbonyl (C=O) groups excluding carboxylic acids is 3. The predicted octanol–water partition coefficient (Wildman–Crippen LogP) is 1.80. The van der Waals surface area contributed by atoms with Crippen LogP contribution in [0, 0.1) is 0 Å². The summed E-state index contributed by atoms with van der Waals surface area (Å²) < 4.78 is 11.0. The monoisotopic (exact) mass is 328 g/mol. The zero-order valence-corrected chi connectivity index (χ0v) is 14.5. The van der Waals surface area contributed by atoms with Crippen molar-refractivity contribution in [2.45, 2.75) is 59.2 Å². The molecule has 23 heavy (non-hydrogen) atoms. The maximum absolute atomic E-state index is 12.3. The number of nitrogens with zero attached hydrogens (tertiary/aromatic N) is 2. The van der Waals surface area contributed by atoms with Crippen LogP contribution in [0.2, 0.25) is 0 Å². The van der Waals surface area contributed by atoms with Crippen LogP contribution in [-0.4, -0.2) is 66.2 Å². The Kier molecular flexibility index (Phi) is 8.19. The number of carbonyl (C=O) groups is 3. The minimum absolute atomic E-state index is 0.0756. The van der Waals surface area contributed by atoms with Crippen LogP contribution in [0.4, 0.5) is 4.79 Å². The van der Waals surface area contributed by atoms with Crippen molar-refractivity contribution in [2.75, 3.05) is 26.3 Å². The number of amides is 4. The van der Waals surface area contributed by atoms with Crippen molar-refractivity contribution in [3.05, 3.63) is 0 Å². The number of hydrogen-bond donors (Lipinski definition) is 0. The Bertz CT molecular complexity index is 391. The lowest BCUT2D eigenvalue weighted by Gasteiger charge is -2.32. The molecule has 4 amide bonds. The molecular weight excluding hydrogens is 300 g/mol. The van der Waals surface area contributed by atoms with Gasteiger partial charge in [0.1, 0.15) is 6.42 Å². The standard InChI is InChI=1S/C16H28N2O5/c1-5-12(3)22-9-7-17-14(19)11-15(20)18(16(17)21)8-10-23-13(4)6-2/h12-13H,5-11H2,1-4H3. The molecule has 1 heterocycles. The first-order valence-electron chi connectivity index (χ1n) is 8.28. The Hall–Kier alpha value is -1.47. The Labute approximate surface area is 137 Å². The van der Waals surface area contributed by atoms with E-state index in [0.29, 0.717) is 0 Å². The van der Waals surface area contributed by atoms with Gasteiger partial charge in [0, 0.05) is 0 Å². The molecule has 0 saturated carbocycles. The second kappa shape index (κ2) is 9.62. The van der Waals surface area contributed by atoms with Crippen molar-refractivity contribution in [2.24, 2.45) is 0 Å². The van der Waals surface area contributed by atoms with Crippen molar-refractivity contribution in [3.63, 3.8) is 0 Å². The lowest BCUT2D eigenvalue weighted by molar-refractivity contribution is -0.143. The summed E-state index contributed by atoms with van der Waals surface area (Å²) in [5, 5.41) is 0. The van der Waals surface area contributed by atoms with Gasteiger partial charge in [-0.1, -0.05) is 13.8 Å². The third kappa shape index (κ3) is 5.91. The van der Waals surface area contributed by atoms with E-state index in [9.17, 15) is 14.4 Å². The van der Waals surface area contributed by atoms with E-state index in [1.165, 1.54) is 0 Å². The summed E-state index contributed by atoms with van der Waals surface area (Å²) in [7, 11) is 0. The molecule has 0 N–H and O–H groups in total. The summed E-state index contributed by atoms with van der Waals surface area (Å²) in [5.41, 5.74) is 0. The molecule has 0 bridgehead atoms. The second-order valence-electron chi connectivity index (χ2n) is 5.73. The first kappa shape index (κ1) is 19.6. The molecular formula is C16H28N2O5. The molecule has 0 aliphatic carbocycles. The highest BCUT2D eigenvalue weighted by Gasteiger charge is 2.37. The third-order valence-electron chi connectivity index (χ3n) is 3.95. The maximum Gasteiger partial charge on any atom is 0.333 e. The Morgan fingerprint density at radius 1 is 0.870 bits per heavy atom. The topological polar surface area (TPSA) is 76.2 Å². The van der Waals surface area contributed by atoms with E-state index in [1.54, 1.807) is 0 Å². The van der Waals surface area contributed by atoms with E-state index in [0.717, 1.165) is 22.6 Å². The van der Waals surface area contributed by atoms with Crippen LogP contribution in [0.5, 0.6) is 0 Å². The van der Waals surface area contributed by atoms with Crippen LogP contribution < -0.4 is 0 Å². The van der Waals surface area contributed by atoms with E-state index >= 15 is 0 Å². The largest absolute Gasteiger partial charge is 0.377 e. The summed E-state index contributed by atoms with van der Waals surface area (Å²) in [5.74, 6) is -0.932. The minimum Gasteiger partial charge on any atom is -0.377 e. The van der Waals surface area contributed by atoms with Crippen LogP contribution in [0.1, 0.15) is 47.0 Å². The maximum atomic E-state index is 12.3. The van der Waals surface area contributed by atoms with Gasteiger partial charge in [-0.2, -0.15) is 0 Å². The highest BCUT2D eigenvalue weighted by atomic mass is 16.5. The lowest BCUT2D eigenvalue weighted by Crippen LogP contribution is -2.56. The fourth-order valence-corrected chi connectivity index (χ4v) is 2.05. The molecule has 1 saturated heterocycles. The SMILES string of the molecule is CCC(C)OCCN1C(=O)CC(=O)N(CCOC(C)CC)C1=O. The molecule has 0 aromatic heterocycles. The second-order valence-corrected chi connectivity index (χ2v) is 5.73. The van der Waals surface area contributed by atoms with Crippen molar-refractivity contribution in [3.8, 4) is 0 Å². The molecule has 1 aliphatic rings. The van der Waals surface area contributed by atoms with Crippen molar-refractivity contribution < 1.29 is 23.9 Å². The summed E-state index contributed by atoms with van der Waals surface area (Å²) in [4.78, 5) is 38.3. The van der Waals surface area contributed by atoms with Gasteiger partial charge in [-0.05, 0) is 26.7 Å². The zero-order valence-electron chi connectivity index (χ0n) is 14.5. The Morgan fingerprint density at radius 3 is 1.61 bits per heavy atom. The summed E-state index contributed by atoms with van der Waals surface area (Å²) in [6.45, 7) is 8.74. The van der Waals surface area contributed by atoms with Crippen LogP contribution in [-0.2, 0) is 19.1 Å². The van der Waals surface area contributed by atoms with E-state index < -0.39 is 17.8 Å². The Morgan fingerprint density at radius 2 is 1.26 bits per heavy atom. The highest BCUT2D eigenvalue weighted by Crippen LogP contribution is 2.12. The Balaban J connectivity index is 2.54. The van der Waals surface area contributed by atoms with Gasteiger partial charge in [0.2, 0.25) is 11.8 Å². The molecule has 1 rings (SSSR count). The highest BCUT2D eigenvalue weighted by molar-refractivity contribution is 6.14. The zero-order chi connectivity index (χ0) is 17.4. The molecule has 7 heteroatoms. The normalized spacial score (nSPS) is 18.5. The van der Waals surface area contributed by atoms with Gasteiger partial charge in [0.25, 0.3) is 0 Å². The molecule has 7 nitrogen and oxygen atoms in total. The molecule has 1 aliphatic heterocycles. The molecule has 2 atom stereocenters. The van der Waals surface area contributed by atoms with Crippen molar-refractivity contribution in [1.82, 2.24) is 9.80 Å². The fourth-order valence-electron chi connectivity index (χ4n) is 2.05. The van der Waals surface area contributed by atoms with Crippen molar-refractivity contribution in [1.29, 1.82) is 0 Å². The average Bonchev–Trinajstić information content (AvgIpc) is 2.52. The number of urea groups is 1. The smallest absolute Gasteiger partial charge is 0.333 e. The van der Waals surface area contributed by atoms with Gasteiger partial charge >= 0.3 is 6.03 Å². The number of imide groups is 2. The quantitative estimate of drug-likeness (QED) is 0.572. The molecule has 0 radical (unpaired) electrons. The summed E-state index contributed by atoms with van der Waals surface area (Å²) in [6.07, 6.45) is 1.59. The van der Waals surface area contributed by atoms with Crippen LogP contribution in [0.25, 0.3) is 0 Å². The summed E-state index contributed by atoms with van der Waals surface area (Å²) >= 11 is 0. The average molecular weight is 328 g/mol.